The number of para-hydroxylation sites is 2. The summed E-state index contributed by atoms with van der Waals surface area (Å²) in [5.74, 6) is 2.35. The SMILES string of the molecule is Clc1ccc(N2CCC(CNc3cccc(-n4cnc5ccccc54)n3)C2)cc1. The highest BCUT2D eigenvalue weighted by atomic mass is 35.5. The van der Waals surface area contributed by atoms with Gasteiger partial charge in [-0.15, -0.1) is 0 Å². The maximum atomic E-state index is 6.01. The maximum Gasteiger partial charge on any atom is 0.140 e. The molecule has 1 unspecified atom stereocenters. The Balaban J connectivity index is 1.25. The van der Waals surface area contributed by atoms with E-state index in [1.807, 2.05) is 59.4 Å². The Kier molecular flexibility index (Phi) is 4.82. The van der Waals surface area contributed by atoms with Crippen LogP contribution in [0, 0.1) is 5.92 Å². The Morgan fingerprint density at radius 3 is 2.76 bits per heavy atom. The van der Waals surface area contributed by atoms with Crippen molar-refractivity contribution < 1.29 is 0 Å². The second kappa shape index (κ2) is 7.76. The lowest BCUT2D eigenvalue weighted by molar-refractivity contribution is 0.621. The van der Waals surface area contributed by atoms with Crippen molar-refractivity contribution in [2.45, 2.75) is 6.42 Å². The van der Waals surface area contributed by atoms with Crippen LogP contribution in [0.5, 0.6) is 0 Å². The summed E-state index contributed by atoms with van der Waals surface area (Å²) in [6, 6.07) is 22.3. The van der Waals surface area contributed by atoms with Crippen LogP contribution < -0.4 is 10.2 Å². The molecule has 2 aromatic heterocycles. The summed E-state index contributed by atoms with van der Waals surface area (Å²) in [5, 5.41) is 4.31. The van der Waals surface area contributed by atoms with E-state index in [-0.39, 0.29) is 0 Å². The number of anilines is 2. The molecule has 1 fully saturated rings. The lowest BCUT2D eigenvalue weighted by atomic mass is 10.1. The van der Waals surface area contributed by atoms with E-state index in [9.17, 15) is 0 Å². The number of nitrogens with one attached hydrogen (secondary N) is 1. The number of fused-ring (bicyclic) bond motifs is 1. The predicted molar refractivity (Wildman–Crippen MR) is 119 cm³/mol. The molecule has 29 heavy (non-hydrogen) atoms. The van der Waals surface area contributed by atoms with Crippen LogP contribution >= 0.6 is 11.6 Å². The maximum absolute atomic E-state index is 6.01. The number of hydrogen-bond donors (Lipinski definition) is 1. The van der Waals surface area contributed by atoms with Crippen LogP contribution in [0.1, 0.15) is 6.42 Å². The molecule has 0 radical (unpaired) electrons. The minimum atomic E-state index is 0.588. The first kappa shape index (κ1) is 18.0. The van der Waals surface area contributed by atoms with Gasteiger partial charge in [0.05, 0.1) is 11.0 Å². The molecular formula is C23H22ClN5. The zero-order valence-corrected chi connectivity index (χ0v) is 16.8. The summed E-state index contributed by atoms with van der Waals surface area (Å²) in [6.45, 7) is 3.02. The van der Waals surface area contributed by atoms with Gasteiger partial charge in [-0.3, -0.25) is 4.57 Å². The van der Waals surface area contributed by atoms with Gasteiger partial charge in [0.25, 0.3) is 0 Å². The number of imidazole rings is 1. The molecule has 1 N–H and O–H groups in total. The molecule has 1 saturated heterocycles. The van der Waals surface area contributed by atoms with E-state index < -0.39 is 0 Å². The smallest absolute Gasteiger partial charge is 0.140 e. The Bertz CT molecular complexity index is 1120. The average molecular weight is 404 g/mol. The number of rotatable bonds is 5. The van der Waals surface area contributed by atoms with Gasteiger partial charge < -0.3 is 10.2 Å². The van der Waals surface area contributed by atoms with Crippen LogP contribution in [-0.4, -0.2) is 34.2 Å². The highest BCUT2D eigenvalue weighted by molar-refractivity contribution is 6.30. The summed E-state index contributed by atoms with van der Waals surface area (Å²) >= 11 is 6.01. The van der Waals surface area contributed by atoms with Gasteiger partial charge >= 0.3 is 0 Å². The summed E-state index contributed by atoms with van der Waals surface area (Å²) < 4.78 is 2.03. The third-order valence-electron chi connectivity index (χ3n) is 5.48. The fourth-order valence-electron chi connectivity index (χ4n) is 3.93. The Morgan fingerprint density at radius 1 is 1.00 bits per heavy atom. The van der Waals surface area contributed by atoms with Crippen molar-refractivity contribution in [1.29, 1.82) is 0 Å². The second-order valence-electron chi connectivity index (χ2n) is 7.44. The number of pyridine rings is 1. The van der Waals surface area contributed by atoms with Crippen LogP contribution in [-0.2, 0) is 0 Å². The van der Waals surface area contributed by atoms with Crippen molar-refractivity contribution >= 4 is 34.1 Å². The van der Waals surface area contributed by atoms with Gasteiger partial charge in [0, 0.05) is 30.3 Å². The van der Waals surface area contributed by atoms with Crippen molar-refractivity contribution in [2.24, 2.45) is 5.92 Å². The fourth-order valence-corrected chi connectivity index (χ4v) is 4.06. The molecule has 2 aromatic carbocycles. The molecule has 3 heterocycles. The fraction of sp³-hybridized carbons (Fsp3) is 0.217. The van der Waals surface area contributed by atoms with Crippen LogP contribution in [0.4, 0.5) is 11.5 Å². The largest absolute Gasteiger partial charge is 0.371 e. The molecule has 0 saturated carbocycles. The normalized spacial score (nSPS) is 16.4. The lowest BCUT2D eigenvalue weighted by Crippen LogP contribution is -2.22. The molecule has 5 rings (SSSR count). The lowest BCUT2D eigenvalue weighted by Gasteiger charge is -2.19. The number of hydrogen-bond acceptors (Lipinski definition) is 4. The van der Waals surface area contributed by atoms with Crippen LogP contribution in [0.15, 0.2) is 73.1 Å². The summed E-state index contributed by atoms with van der Waals surface area (Å²) in [6.07, 6.45) is 3.00. The van der Waals surface area contributed by atoms with E-state index in [4.69, 9.17) is 16.6 Å². The van der Waals surface area contributed by atoms with Crippen LogP contribution in [0.2, 0.25) is 5.02 Å². The summed E-state index contributed by atoms with van der Waals surface area (Å²) in [7, 11) is 0. The van der Waals surface area contributed by atoms with Crippen molar-refractivity contribution in [3.63, 3.8) is 0 Å². The Hall–Kier alpha value is -3.05. The van der Waals surface area contributed by atoms with Gasteiger partial charge in [0.1, 0.15) is 18.0 Å². The highest BCUT2D eigenvalue weighted by Crippen LogP contribution is 2.25. The minimum absolute atomic E-state index is 0.588. The molecule has 4 aromatic rings. The minimum Gasteiger partial charge on any atom is -0.371 e. The Labute approximate surface area is 175 Å². The van der Waals surface area contributed by atoms with Gasteiger partial charge in [-0.2, -0.15) is 0 Å². The number of benzene rings is 2. The zero-order valence-electron chi connectivity index (χ0n) is 16.0. The monoisotopic (exact) mass is 403 g/mol. The molecule has 0 amide bonds. The topological polar surface area (TPSA) is 46.0 Å². The van der Waals surface area contributed by atoms with E-state index in [1.165, 1.54) is 12.1 Å². The van der Waals surface area contributed by atoms with Gasteiger partial charge in [-0.05, 0) is 60.9 Å². The quantitative estimate of drug-likeness (QED) is 0.508. The van der Waals surface area contributed by atoms with E-state index in [1.54, 1.807) is 0 Å². The van der Waals surface area contributed by atoms with E-state index in [2.05, 4.69) is 33.4 Å². The zero-order chi connectivity index (χ0) is 19.6. The molecule has 1 aliphatic rings. The molecule has 0 bridgehead atoms. The number of halogens is 1. The first-order valence-corrected chi connectivity index (χ1v) is 10.3. The van der Waals surface area contributed by atoms with Crippen LogP contribution in [0.3, 0.4) is 0 Å². The predicted octanol–water partition coefficient (Wildman–Crippen LogP) is 5.01. The van der Waals surface area contributed by atoms with Crippen molar-refractivity contribution in [3.05, 3.63) is 78.1 Å². The third kappa shape index (κ3) is 3.78. The van der Waals surface area contributed by atoms with Gasteiger partial charge in [0.15, 0.2) is 0 Å². The molecule has 1 aliphatic heterocycles. The molecule has 146 valence electrons. The molecule has 0 aliphatic carbocycles. The standard InChI is InChI=1S/C23H22ClN5/c24-18-8-10-19(11-9-18)28-13-12-17(15-28)14-25-22-6-3-7-23(27-22)29-16-26-20-4-1-2-5-21(20)29/h1-11,16-17H,12-15H2,(H,25,27). The van der Waals surface area contributed by atoms with E-state index in [0.717, 1.165) is 47.3 Å². The van der Waals surface area contributed by atoms with E-state index in [0.29, 0.717) is 5.92 Å². The average Bonchev–Trinajstić information content (AvgIpc) is 3.40. The first-order chi connectivity index (χ1) is 14.3. The van der Waals surface area contributed by atoms with Crippen molar-refractivity contribution in [1.82, 2.24) is 14.5 Å². The van der Waals surface area contributed by atoms with Gasteiger partial charge in [-0.25, -0.2) is 9.97 Å². The summed E-state index contributed by atoms with van der Waals surface area (Å²) in [5.41, 5.74) is 3.27. The van der Waals surface area contributed by atoms with Crippen molar-refractivity contribution in [3.8, 4) is 5.82 Å². The van der Waals surface area contributed by atoms with Gasteiger partial charge in [-0.1, -0.05) is 29.8 Å². The molecule has 5 nitrogen and oxygen atoms in total. The highest BCUT2D eigenvalue weighted by Gasteiger charge is 2.22. The summed E-state index contributed by atoms with van der Waals surface area (Å²) in [4.78, 5) is 11.7. The molecular weight excluding hydrogens is 382 g/mol. The van der Waals surface area contributed by atoms with Gasteiger partial charge in [0.2, 0.25) is 0 Å². The molecule has 1 atom stereocenters. The third-order valence-corrected chi connectivity index (χ3v) is 5.74. The molecule has 6 heteroatoms. The van der Waals surface area contributed by atoms with E-state index >= 15 is 0 Å². The van der Waals surface area contributed by atoms with Crippen molar-refractivity contribution in [2.75, 3.05) is 29.9 Å². The second-order valence-corrected chi connectivity index (χ2v) is 7.88. The number of nitrogens with zero attached hydrogens (tertiary/aromatic N) is 4. The van der Waals surface area contributed by atoms with Crippen LogP contribution in [0.25, 0.3) is 16.9 Å². The number of aromatic nitrogens is 3. The first-order valence-electron chi connectivity index (χ1n) is 9.90. The molecule has 0 spiro atoms. The Morgan fingerprint density at radius 2 is 1.86 bits per heavy atom.